The van der Waals surface area contributed by atoms with Crippen LogP contribution in [0.5, 0.6) is 0 Å². The molecule has 7 nitrogen and oxygen atoms in total. The van der Waals surface area contributed by atoms with Crippen LogP contribution in [0.3, 0.4) is 0 Å². The maximum Gasteiger partial charge on any atom is 0.289 e. The Morgan fingerprint density at radius 1 is 1.43 bits per heavy atom. The molecule has 1 heterocycles. The summed E-state index contributed by atoms with van der Waals surface area (Å²) in [5.41, 5.74) is 5.32. The SMILES string of the molecule is CC1CCCN(S(=O)(=O)c2ccccc2[N+](=O)[O-])C1CN. The average molecular weight is 313 g/mol. The standard InChI is InChI=1S/C13H19N3O4S/c1-10-5-4-8-15(12(10)9-14)21(19,20)13-7-3-2-6-11(13)16(17)18/h2-3,6-7,10,12H,4-5,8-9,14H2,1H3. The second-order valence-corrected chi connectivity index (χ2v) is 7.12. The summed E-state index contributed by atoms with van der Waals surface area (Å²) in [6.07, 6.45) is 1.64. The first-order valence-electron chi connectivity index (χ1n) is 6.85. The number of benzene rings is 1. The molecule has 0 amide bonds. The lowest BCUT2D eigenvalue weighted by molar-refractivity contribution is -0.387. The van der Waals surface area contributed by atoms with E-state index < -0.39 is 20.6 Å². The predicted molar refractivity (Wildman–Crippen MR) is 78.2 cm³/mol. The number of rotatable bonds is 4. The van der Waals surface area contributed by atoms with Crippen molar-refractivity contribution in [3.63, 3.8) is 0 Å². The van der Waals surface area contributed by atoms with Gasteiger partial charge in [-0.1, -0.05) is 19.1 Å². The molecule has 1 aromatic carbocycles. The Morgan fingerprint density at radius 3 is 2.71 bits per heavy atom. The molecule has 116 valence electrons. The Morgan fingerprint density at radius 2 is 2.10 bits per heavy atom. The van der Waals surface area contributed by atoms with Gasteiger partial charge in [0.1, 0.15) is 0 Å². The lowest BCUT2D eigenvalue weighted by Crippen LogP contribution is -2.51. The van der Waals surface area contributed by atoms with Crippen molar-refractivity contribution >= 4 is 15.7 Å². The largest absolute Gasteiger partial charge is 0.329 e. The smallest absolute Gasteiger partial charge is 0.289 e. The summed E-state index contributed by atoms with van der Waals surface area (Å²) in [6, 6.07) is 5.11. The van der Waals surface area contributed by atoms with Gasteiger partial charge in [0.05, 0.1) is 4.92 Å². The summed E-state index contributed by atoms with van der Waals surface area (Å²) in [5.74, 6) is 0.140. The van der Waals surface area contributed by atoms with Crippen molar-refractivity contribution in [3.05, 3.63) is 34.4 Å². The number of nitrogens with two attached hydrogens (primary N) is 1. The number of nitro groups is 1. The molecule has 8 heteroatoms. The molecule has 2 N–H and O–H groups in total. The minimum Gasteiger partial charge on any atom is -0.329 e. The van der Waals surface area contributed by atoms with Crippen LogP contribution in [0.15, 0.2) is 29.2 Å². The lowest BCUT2D eigenvalue weighted by Gasteiger charge is -2.38. The van der Waals surface area contributed by atoms with E-state index in [4.69, 9.17) is 5.73 Å². The Hall–Kier alpha value is -1.51. The number of sulfonamides is 1. The van der Waals surface area contributed by atoms with Crippen molar-refractivity contribution in [1.82, 2.24) is 4.31 Å². The first-order chi connectivity index (χ1) is 9.89. The summed E-state index contributed by atoms with van der Waals surface area (Å²) in [4.78, 5) is 10.1. The fourth-order valence-electron chi connectivity index (χ4n) is 2.81. The fraction of sp³-hybridized carbons (Fsp3) is 0.538. The highest BCUT2D eigenvalue weighted by Crippen LogP contribution is 2.32. The zero-order valence-corrected chi connectivity index (χ0v) is 12.6. The van der Waals surface area contributed by atoms with E-state index >= 15 is 0 Å². The van der Waals surface area contributed by atoms with Gasteiger partial charge in [-0.25, -0.2) is 8.42 Å². The predicted octanol–water partition coefficient (Wildman–Crippen LogP) is 1.34. The summed E-state index contributed by atoms with van der Waals surface area (Å²) in [7, 11) is -3.92. The second-order valence-electron chi connectivity index (χ2n) is 5.26. The van der Waals surface area contributed by atoms with Crippen molar-refractivity contribution in [2.75, 3.05) is 13.1 Å². The molecule has 0 aromatic heterocycles. The molecule has 0 radical (unpaired) electrons. The lowest BCUT2D eigenvalue weighted by atomic mass is 9.93. The normalized spacial score (nSPS) is 23.9. The maximum absolute atomic E-state index is 12.8. The number of para-hydroxylation sites is 1. The fourth-order valence-corrected chi connectivity index (χ4v) is 4.74. The summed E-state index contributed by atoms with van der Waals surface area (Å²) < 4.78 is 26.9. The van der Waals surface area contributed by atoms with Crippen LogP contribution in [0.1, 0.15) is 19.8 Å². The van der Waals surface area contributed by atoms with Gasteiger partial charge >= 0.3 is 0 Å². The molecule has 1 aromatic rings. The topological polar surface area (TPSA) is 107 Å². The molecule has 0 aliphatic carbocycles. The molecule has 0 bridgehead atoms. The highest BCUT2D eigenvalue weighted by molar-refractivity contribution is 7.89. The Bertz CT molecular complexity index is 632. The first kappa shape index (κ1) is 15.9. The van der Waals surface area contributed by atoms with Crippen LogP contribution < -0.4 is 5.73 Å². The number of nitrogens with zero attached hydrogens (tertiary/aromatic N) is 2. The van der Waals surface area contributed by atoms with Gasteiger partial charge in [-0.15, -0.1) is 0 Å². The highest BCUT2D eigenvalue weighted by atomic mass is 32.2. The molecule has 21 heavy (non-hydrogen) atoms. The molecular formula is C13H19N3O4S. The van der Waals surface area contributed by atoms with E-state index in [1.54, 1.807) is 0 Å². The first-order valence-corrected chi connectivity index (χ1v) is 8.29. The van der Waals surface area contributed by atoms with E-state index in [0.717, 1.165) is 12.8 Å². The van der Waals surface area contributed by atoms with Gasteiger partial charge in [-0.05, 0) is 24.8 Å². The summed E-state index contributed by atoms with van der Waals surface area (Å²) in [6.45, 7) is 2.51. The molecule has 1 fully saturated rings. The third-order valence-corrected chi connectivity index (χ3v) is 5.93. The monoisotopic (exact) mass is 313 g/mol. The van der Waals surface area contributed by atoms with Crippen LogP contribution in [0.2, 0.25) is 0 Å². The minimum atomic E-state index is -3.92. The van der Waals surface area contributed by atoms with E-state index in [0.29, 0.717) is 6.54 Å². The van der Waals surface area contributed by atoms with E-state index in [9.17, 15) is 18.5 Å². The number of hydrogen-bond donors (Lipinski definition) is 1. The zero-order valence-electron chi connectivity index (χ0n) is 11.8. The molecule has 0 saturated carbocycles. The van der Waals surface area contributed by atoms with Crippen molar-refractivity contribution in [2.45, 2.75) is 30.7 Å². The van der Waals surface area contributed by atoms with Crippen LogP contribution in [0.4, 0.5) is 5.69 Å². The quantitative estimate of drug-likeness (QED) is 0.667. The molecule has 0 spiro atoms. The van der Waals surface area contributed by atoms with Crippen molar-refractivity contribution < 1.29 is 13.3 Å². The number of nitro benzene ring substituents is 1. The van der Waals surface area contributed by atoms with Gasteiger partial charge in [0.2, 0.25) is 10.0 Å². The van der Waals surface area contributed by atoms with Gasteiger partial charge in [0, 0.05) is 25.2 Å². The van der Waals surface area contributed by atoms with E-state index in [1.807, 2.05) is 6.92 Å². The van der Waals surface area contributed by atoms with Crippen LogP contribution in [0.25, 0.3) is 0 Å². The van der Waals surface area contributed by atoms with Gasteiger partial charge in [-0.2, -0.15) is 4.31 Å². The Kier molecular flexibility index (Phi) is 4.60. The molecule has 1 aliphatic rings. The highest BCUT2D eigenvalue weighted by Gasteiger charge is 2.39. The van der Waals surface area contributed by atoms with Gasteiger partial charge in [0.25, 0.3) is 5.69 Å². The molecule has 1 saturated heterocycles. The van der Waals surface area contributed by atoms with E-state index in [1.165, 1.54) is 28.6 Å². The van der Waals surface area contributed by atoms with Gasteiger partial charge in [0.15, 0.2) is 4.90 Å². The van der Waals surface area contributed by atoms with Gasteiger partial charge in [-0.3, -0.25) is 10.1 Å². The van der Waals surface area contributed by atoms with Gasteiger partial charge < -0.3 is 5.73 Å². The summed E-state index contributed by atoms with van der Waals surface area (Å²) in [5, 5.41) is 11.1. The number of piperidine rings is 1. The molecule has 2 unspecified atom stereocenters. The summed E-state index contributed by atoms with van der Waals surface area (Å²) >= 11 is 0. The van der Waals surface area contributed by atoms with Crippen molar-refractivity contribution in [1.29, 1.82) is 0 Å². The molecule has 1 aliphatic heterocycles. The zero-order chi connectivity index (χ0) is 15.6. The van der Waals surface area contributed by atoms with Crippen LogP contribution >= 0.6 is 0 Å². The van der Waals surface area contributed by atoms with E-state index in [-0.39, 0.29) is 23.4 Å². The number of hydrogen-bond acceptors (Lipinski definition) is 5. The van der Waals surface area contributed by atoms with Crippen molar-refractivity contribution in [2.24, 2.45) is 11.7 Å². The third kappa shape index (κ3) is 2.92. The average Bonchev–Trinajstić information content (AvgIpc) is 2.46. The Labute approximate surface area is 123 Å². The molecule has 2 atom stereocenters. The van der Waals surface area contributed by atoms with Crippen LogP contribution in [-0.2, 0) is 10.0 Å². The molecular weight excluding hydrogens is 294 g/mol. The van der Waals surface area contributed by atoms with E-state index in [2.05, 4.69) is 0 Å². The van der Waals surface area contributed by atoms with Crippen molar-refractivity contribution in [3.8, 4) is 0 Å². The van der Waals surface area contributed by atoms with Crippen LogP contribution in [0, 0.1) is 16.0 Å². The third-order valence-electron chi connectivity index (χ3n) is 3.95. The second kappa shape index (κ2) is 6.08. The van der Waals surface area contributed by atoms with Crippen LogP contribution in [-0.4, -0.2) is 36.8 Å². The minimum absolute atomic E-state index is 0.140. The Balaban J connectivity index is 2.49. The maximum atomic E-state index is 12.8. The molecule has 2 rings (SSSR count).